The van der Waals surface area contributed by atoms with Gasteiger partial charge in [0.15, 0.2) is 0 Å². The normalized spacial score (nSPS) is 34.0. The van der Waals surface area contributed by atoms with Crippen LogP contribution in [0.15, 0.2) is 11.4 Å². The summed E-state index contributed by atoms with van der Waals surface area (Å²) in [5, 5.41) is 2.85. The Labute approximate surface area is 121 Å². The Bertz CT molecular complexity index is 417. The minimum atomic E-state index is 0.0730. The van der Waals surface area contributed by atoms with Crippen molar-refractivity contribution in [2.45, 2.75) is 30.9 Å². The van der Waals surface area contributed by atoms with E-state index in [1.165, 1.54) is 12.2 Å². The molecule has 0 aromatic carbocycles. The van der Waals surface area contributed by atoms with Crippen LogP contribution in [0.5, 0.6) is 0 Å². The summed E-state index contributed by atoms with van der Waals surface area (Å²) in [6, 6.07) is 2.02. The van der Waals surface area contributed by atoms with Crippen molar-refractivity contribution < 1.29 is 4.74 Å². The van der Waals surface area contributed by atoms with Gasteiger partial charge in [0.25, 0.3) is 0 Å². The molecule has 2 nitrogen and oxygen atoms in total. The van der Waals surface area contributed by atoms with Gasteiger partial charge in [0.1, 0.15) is 0 Å². The van der Waals surface area contributed by atoms with E-state index in [9.17, 15) is 0 Å². The first kappa shape index (κ1) is 13.3. The monoisotopic (exact) mass is 303 g/mol. The van der Waals surface area contributed by atoms with Crippen LogP contribution in [0.1, 0.15) is 30.2 Å². The summed E-state index contributed by atoms with van der Waals surface area (Å²) in [4.78, 5) is 1.14. The van der Waals surface area contributed by atoms with Crippen LogP contribution in [0, 0.1) is 5.92 Å². The summed E-state index contributed by atoms with van der Waals surface area (Å²) in [5.41, 5.74) is 6.54. The summed E-state index contributed by atoms with van der Waals surface area (Å²) in [6.45, 7) is 0.849. The van der Waals surface area contributed by atoms with Gasteiger partial charge < -0.3 is 10.5 Å². The molecule has 0 saturated carbocycles. The third-order valence-electron chi connectivity index (χ3n) is 4.05. The molecule has 5 heteroatoms. The summed E-state index contributed by atoms with van der Waals surface area (Å²) in [7, 11) is 0. The van der Waals surface area contributed by atoms with E-state index in [0.29, 0.717) is 5.92 Å². The van der Waals surface area contributed by atoms with E-state index < -0.39 is 0 Å². The van der Waals surface area contributed by atoms with Gasteiger partial charge in [-0.25, -0.2) is 0 Å². The summed E-state index contributed by atoms with van der Waals surface area (Å²) in [5.74, 6) is 2.87. The number of thioether (sulfide) groups is 1. The predicted molar refractivity (Wildman–Crippen MR) is 79.6 cm³/mol. The molecule has 1 aromatic rings. The lowest BCUT2D eigenvalue weighted by Crippen LogP contribution is -2.42. The minimum absolute atomic E-state index is 0.0730. The Morgan fingerprint density at radius 3 is 3.11 bits per heavy atom. The van der Waals surface area contributed by atoms with Crippen LogP contribution in [0.25, 0.3) is 0 Å². The molecule has 1 aromatic heterocycles. The fraction of sp³-hybridized carbons (Fsp3) is 0.692. The topological polar surface area (TPSA) is 35.2 Å². The number of nitrogens with two attached hydrogens (primary N) is 1. The molecular formula is C13H18ClNOS2. The van der Waals surface area contributed by atoms with Gasteiger partial charge in [-0.1, -0.05) is 11.6 Å². The van der Waals surface area contributed by atoms with Gasteiger partial charge in [-0.05, 0) is 42.4 Å². The van der Waals surface area contributed by atoms with Crippen molar-refractivity contribution in [3.05, 3.63) is 21.3 Å². The second-order valence-electron chi connectivity index (χ2n) is 5.25. The molecule has 2 aliphatic rings. The Kier molecular flexibility index (Phi) is 3.92. The third kappa shape index (κ3) is 2.46. The highest BCUT2D eigenvalue weighted by atomic mass is 35.5. The Morgan fingerprint density at radius 1 is 1.56 bits per heavy atom. The van der Waals surface area contributed by atoms with Gasteiger partial charge in [0.2, 0.25) is 0 Å². The van der Waals surface area contributed by atoms with E-state index in [-0.39, 0.29) is 11.6 Å². The van der Waals surface area contributed by atoms with E-state index in [1.807, 2.05) is 23.2 Å². The zero-order valence-electron chi connectivity index (χ0n) is 10.2. The van der Waals surface area contributed by atoms with Crippen molar-refractivity contribution in [1.29, 1.82) is 0 Å². The van der Waals surface area contributed by atoms with Crippen LogP contribution in [0.2, 0.25) is 5.02 Å². The van der Waals surface area contributed by atoms with Gasteiger partial charge in [-0.2, -0.15) is 11.8 Å². The predicted octanol–water partition coefficient (Wildman–Crippen LogP) is 3.70. The van der Waals surface area contributed by atoms with Crippen molar-refractivity contribution >= 4 is 34.7 Å². The van der Waals surface area contributed by atoms with Crippen LogP contribution in [-0.2, 0) is 4.74 Å². The maximum absolute atomic E-state index is 6.43. The number of hydrogen-bond acceptors (Lipinski definition) is 4. The molecular weight excluding hydrogens is 286 g/mol. The van der Waals surface area contributed by atoms with E-state index in [0.717, 1.165) is 35.1 Å². The molecule has 1 spiro atoms. The Hall–Kier alpha value is 0.260. The molecule has 3 heterocycles. The number of halogens is 1. The summed E-state index contributed by atoms with van der Waals surface area (Å²) in [6.07, 6.45) is 3.33. The lowest BCUT2D eigenvalue weighted by atomic mass is 9.81. The van der Waals surface area contributed by atoms with Gasteiger partial charge in [0, 0.05) is 23.3 Å². The largest absolute Gasteiger partial charge is 0.374 e. The molecule has 0 bridgehead atoms. The van der Waals surface area contributed by atoms with Crippen LogP contribution < -0.4 is 5.73 Å². The smallest absolute Gasteiger partial charge is 0.0783 e. The minimum Gasteiger partial charge on any atom is -0.374 e. The number of hydrogen-bond donors (Lipinski definition) is 1. The SMILES string of the molecule is NC(c1sccc1Cl)C1CCOC2(CCSC2)C1. The molecule has 3 rings (SSSR count). The van der Waals surface area contributed by atoms with Crippen molar-refractivity contribution in [1.82, 2.24) is 0 Å². The van der Waals surface area contributed by atoms with Crippen LogP contribution in [0.4, 0.5) is 0 Å². The summed E-state index contributed by atoms with van der Waals surface area (Å²) >= 11 is 9.88. The highest BCUT2D eigenvalue weighted by Gasteiger charge is 2.42. The van der Waals surface area contributed by atoms with Crippen molar-refractivity contribution in [2.75, 3.05) is 18.1 Å². The number of thiophene rings is 1. The van der Waals surface area contributed by atoms with E-state index >= 15 is 0 Å². The fourth-order valence-electron chi connectivity index (χ4n) is 2.99. The van der Waals surface area contributed by atoms with Crippen molar-refractivity contribution in [3.63, 3.8) is 0 Å². The molecule has 18 heavy (non-hydrogen) atoms. The molecule has 2 aliphatic heterocycles. The second-order valence-corrected chi connectivity index (χ2v) is 7.71. The molecule has 3 unspecified atom stereocenters. The zero-order chi connectivity index (χ0) is 12.6. The van der Waals surface area contributed by atoms with Gasteiger partial charge in [0.05, 0.1) is 10.6 Å². The lowest BCUT2D eigenvalue weighted by Gasteiger charge is -2.39. The third-order valence-corrected chi connectivity index (χ3v) is 6.74. The quantitative estimate of drug-likeness (QED) is 0.905. The van der Waals surface area contributed by atoms with E-state index in [4.69, 9.17) is 22.1 Å². The Balaban J connectivity index is 1.74. The van der Waals surface area contributed by atoms with Crippen LogP contribution in [-0.4, -0.2) is 23.7 Å². The molecule has 100 valence electrons. The van der Waals surface area contributed by atoms with Crippen molar-refractivity contribution in [2.24, 2.45) is 11.7 Å². The Morgan fingerprint density at radius 2 is 2.44 bits per heavy atom. The molecule has 2 saturated heterocycles. The van der Waals surface area contributed by atoms with E-state index in [1.54, 1.807) is 11.3 Å². The summed E-state index contributed by atoms with van der Waals surface area (Å²) < 4.78 is 6.05. The maximum atomic E-state index is 6.43. The number of ether oxygens (including phenoxy) is 1. The molecule has 0 aliphatic carbocycles. The van der Waals surface area contributed by atoms with E-state index in [2.05, 4.69) is 0 Å². The number of rotatable bonds is 2. The second kappa shape index (κ2) is 5.33. The lowest BCUT2D eigenvalue weighted by molar-refractivity contribution is -0.0832. The molecule has 0 radical (unpaired) electrons. The molecule has 3 atom stereocenters. The molecule has 2 N–H and O–H groups in total. The van der Waals surface area contributed by atoms with Crippen molar-refractivity contribution in [3.8, 4) is 0 Å². The zero-order valence-corrected chi connectivity index (χ0v) is 12.6. The van der Waals surface area contributed by atoms with Gasteiger partial charge >= 0.3 is 0 Å². The van der Waals surface area contributed by atoms with Crippen LogP contribution in [0.3, 0.4) is 0 Å². The highest BCUT2D eigenvalue weighted by Crippen LogP contribution is 2.44. The maximum Gasteiger partial charge on any atom is 0.0783 e. The average molecular weight is 304 g/mol. The van der Waals surface area contributed by atoms with Crippen LogP contribution >= 0.6 is 34.7 Å². The average Bonchev–Trinajstić information content (AvgIpc) is 2.98. The standard InChI is InChI=1S/C13H18ClNOS2/c14-10-2-5-18-12(10)11(15)9-1-4-16-13(7-9)3-6-17-8-13/h2,5,9,11H,1,3-4,6-8,15H2. The van der Waals surface area contributed by atoms with Gasteiger partial charge in [-0.3, -0.25) is 0 Å². The highest BCUT2D eigenvalue weighted by molar-refractivity contribution is 7.99. The fourth-order valence-corrected chi connectivity index (χ4v) is 5.65. The molecule has 0 amide bonds. The first-order valence-electron chi connectivity index (χ1n) is 6.40. The first-order chi connectivity index (χ1) is 8.70. The van der Waals surface area contributed by atoms with Gasteiger partial charge in [-0.15, -0.1) is 11.3 Å². The molecule has 2 fully saturated rings. The first-order valence-corrected chi connectivity index (χ1v) is 8.82.